The van der Waals surface area contributed by atoms with Crippen LogP contribution in [0.25, 0.3) is 0 Å². The molecule has 0 bridgehead atoms. The van der Waals surface area contributed by atoms with Crippen LogP contribution in [0.15, 0.2) is 22.7 Å². The van der Waals surface area contributed by atoms with Crippen LogP contribution in [0.1, 0.15) is 5.56 Å². The zero-order valence-corrected chi connectivity index (χ0v) is 9.46. The Morgan fingerprint density at radius 1 is 1.46 bits per heavy atom. The number of hydrogen-bond acceptors (Lipinski definition) is 2. The van der Waals surface area contributed by atoms with Crippen LogP contribution in [0.5, 0.6) is 0 Å². The van der Waals surface area contributed by atoms with Gasteiger partial charge in [-0.25, -0.2) is 12.8 Å². The molecule has 2 nitrogen and oxygen atoms in total. The van der Waals surface area contributed by atoms with Gasteiger partial charge in [0, 0.05) is 10.7 Å². The Morgan fingerprint density at radius 2 is 2.08 bits per heavy atom. The van der Waals surface area contributed by atoms with E-state index in [1.165, 1.54) is 18.2 Å². The Kier molecular flexibility index (Phi) is 3.32. The molecule has 0 aliphatic rings. The molecule has 0 aliphatic carbocycles. The van der Waals surface area contributed by atoms with E-state index in [1.807, 2.05) is 0 Å². The predicted molar refractivity (Wildman–Crippen MR) is 52.6 cm³/mol. The molecule has 0 aromatic heterocycles. The van der Waals surface area contributed by atoms with Crippen LogP contribution in [-0.2, 0) is 14.8 Å². The Bertz CT molecular complexity index is 419. The van der Waals surface area contributed by atoms with Crippen molar-refractivity contribution in [1.29, 1.82) is 0 Å². The Balaban J connectivity index is 3.10. The molecule has 6 heteroatoms. The smallest absolute Gasteiger partial charge is 0.212 e. The van der Waals surface area contributed by atoms with Gasteiger partial charge in [-0.05, 0) is 27.6 Å². The van der Waals surface area contributed by atoms with E-state index >= 15 is 0 Å². The fraction of sp³-hybridized carbons (Fsp3) is 0.143. The van der Waals surface area contributed by atoms with Crippen molar-refractivity contribution in [2.75, 3.05) is 0 Å². The first-order valence-electron chi connectivity index (χ1n) is 3.25. The van der Waals surface area contributed by atoms with Crippen molar-refractivity contribution in [3.05, 3.63) is 34.1 Å². The molecular formula is C7H5BrClFO2S. The molecule has 72 valence electrons. The zero-order valence-electron chi connectivity index (χ0n) is 6.30. The molecule has 0 N–H and O–H groups in total. The fourth-order valence-corrected chi connectivity index (χ4v) is 2.40. The highest BCUT2D eigenvalue weighted by Crippen LogP contribution is 2.23. The van der Waals surface area contributed by atoms with E-state index in [9.17, 15) is 12.8 Å². The highest BCUT2D eigenvalue weighted by molar-refractivity contribution is 9.10. The van der Waals surface area contributed by atoms with Crippen LogP contribution < -0.4 is 0 Å². The number of halogens is 3. The Morgan fingerprint density at radius 3 is 2.62 bits per heavy atom. The van der Waals surface area contributed by atoms with Gasteiger partial charge < -0.3 is 0 Å². The third-order valence-electron chi connectivity index (χ3n) is 1.36. The van der Waals surface area contributed by atoms with Crippen LogP contribution in [0.4, 0.5) is 4.39 Å². The lowest BCUT2D eigenvalue weighted by Gasteiger charge is -2.01. The maximum Gasteiger partial charge on any atom is 0.236 e. The van der Waals surface area contributed by atoms with Crippen molar-refractivity contribution in [2.24, 2.45) is 0 Å². The quantitative estimate of drug-likeness (QED) is 0.784. The maximum atomic E-state index is 12.9. The summed E-state index contributed by atoms with van der Waals surface area (Å²) in [5.74, 6) is -0.884. The van der Waals surface area contributed by atoms with E-state index in [0.717, 1.165) is 0 Å². The summed E-state index contributed by atoms with van der Waals surface area (Å²) in [5.41, 5.74) is 0.315. The minimum atomic E-state index is -3.64. The van der Waals surface area contributed by atoms with Crippen molar-refractivity contribution in [3.8, 4) is 0 Å². The molecule has 0 spiro atoms. The number of hydrogen-bond donors (Lipinski definition) is 0. The first-order chi connectivity index (χ1) is 5.90. The third-order valence-corrected chi connectivity index (χ3v) is 3.23. The first kappa shape index (κ1) is 10.9. The SMILES string of the molecule is O=S(=O)(Cl)Cc1cccc(F)c1Br. The second-order valence-electron chi connectivity index (χ2n) is 2.40. The van der Waals surface area contributed by atoms with Crippen LogP contribution in [0, 0.1) is 5.82 Å². The minimum absolute atomic E-state index is 0.138. The topological polar surface area (TPSA) is 34.1 Å². The first-order valence-corrected chi connectivity index (χ1v) is 6.52. The van der Waals surface area contributed by atoms with Crippen molar-refractivity contribution < 1.29 is 12.8 Å². The lowest BCUT2D eigenvalue weighted by molar-refractivity contribution is 0.606. The molecule has 0 saturated heterocycles. The number of rotatable bonds is 2. The van der Waals surface area contributed by atoms with Gasteiger partial charge in [0.1, 0.15) is 5.82 Å². The molecule has 1 aromatic rings. The number of benzene rings is 1. The summed E-state index contributed by atoms with van der Waals surface area (Å²) < 4.78 is 34.4. The fourth-order valence-electron chi connectivity index (χ4n) is 0.846. The summed E-state index contributed by atoms with van der Waals surface area (Å²) in [6.45, 7) is 0. The third kappa shape index (κ3) is 3.25. The maximum absolute atomic E-state index is 12.9. The lowest BCUT2D eigenvalue weighted by atomic mass is 10.2. The Labute approximate surface area is 88.3 Å². The molecule has 13 heavy (non-hydrogen) atoms. The van der Waals surface area contributed by atoms with E-state index in [-0.39, 0.29) is 10.2 Å². The monoisotopic (exact) mass is 286 g/mol. The van der Waals surface area contributed by atoms with Crippen molar-refractivity contribution in [3.63, 3.8) is 0 Å². The molecule has 0 unspecified atom stereocenters. The molecule has 1 rings (SSSR count). The molecule has 0 heterocycles. The molecular weight excluding hydrogens is 282 g/mol. The zero-order chi connectivity index (χ0) is 10.1. The minimum Gasteiger partial charge on any atom is -0.212 e. The van der Waals surface area contributed by atoms with E-state index in [0.29, 0.717) is 5.56 Å². The normalized spacial score (nSPS) is 11.6. The second-order valence-corrected chi connectivity index (χ2v) is 5.97. The molecule has 0 radical (unpaired) electrons. The standard InChI is InChI=1S/C7H5BrClFO2S/c8-7-5(4-13(9,11)12)2-1-3-6(7)10/h1-3H,4H2. The lowest BCUT2D eigenvalue weighted by Crippen LogP contribution is -1.97. The van der Waals surface area contributed by atoms with E-state index in [1.54, 1.807) is 0 Å². The van der Waals surface area contributed by atoms with Gasteiger partial charge in [-0.15, -0.1) is 0 Å². The van der Waals surface area contributed by atoms with Crippen LogP contribution in [0.2, 0.25) is 0 Å². The molecule has 0 atom stereocenters. The van der Waals surface area contributed by atoms with Crippen LogP contribution in [-0.4, -0.2) is 8.42 Å². The van der Waals surface area contributed by atoms with E-state index in [2.05, 4.69) is 15.9 Å². The Hall–Kier alpha value is -0.130. The molecule has 1 aromatic carbocycles. The predicted octanol–water partition coefficient (Wildman–Crippen LogP) is 2.66. The van der Waals surface area contributed by atoms with Gasteiger partial charge in [0.2, 0.25) is 9.05 Å². The summed E-state index contributed by atoms with van der Waals surface area (Å²) in [6, 6.07) is 4.15. The average Bonchev–Trinajstić information content (AvgIpc) is 1.96. The van der Waals surface area contributed by atoms with Gasteiger partial charge in [0.25, 0.3) is 0 Å². The van der Waals surface area contributed by atoms with Gasteiger partial charge in [-0.2, -0.15) is 0 Å². The van der Waals surface area contributed by atoms with Gasteiger partial charge in [-0.3, -0.25) is 0 Å². The molecule has 0 saturated carbocycles. The summed E-state index contributed by atoms with van der Waals surface area (Å²) >= 11 is 2.93. The summed E-state index contributed by atoms with van der Waals surface area (Å²) in [6.07, 6.45) is 0. The van der Waals surface area contributed by atoms with Crippen LogP contribution in [0.3, 0.4) is 0 Å². The van der Waals surface area contributed by atoms with E-state index in [4.69, 9.17) is 10.7 Å². The molecule has 0 fully saturated rings. The summed E-state index contributed by atoms with van der Waals surface area (Å²) in [5, 5.41) is 0. The highest BCUT2D eigenvalue weighted by atomic mass is 79.9. The summed E-state index contributed by atoms with van der Waals surface area (Å²) in [4.78, 5) is 0. The van der Waals surface area contributed by atoms with Gasteiger partial charge >= 0.3 is 0 Å². The largest absolute Gasteiger partial charge is 0.236 e. The van der Waals surface area contributed by atoms with Gasteiger partial charge in [0.15, 0.2) is 0 Å². The van der Waals surface area contributed by atoms with Crippen molar-refractivity contribution in [1.82, 2.24) is 0 Å². The summed E-state index contributed by atoms with van der Waals surface area (Å²) in [7, 11) is 1.38. The van der Waals surface area contributed by atoms with Gasteiger partial charge in [0.05, 0.1) is 10.2 Å². The second kappa shape index (κ2) is 3.94. The van der Waals surface area contributed by atoms with Crippen LogP contribution >= 0.6 is 26.6 Å². The molecule has 0 aliphatic heterocycles. The van der Waals surface area contributed by atoms with E-state index < -0.39 is 14.9 Å². The molecule has 0 amide bonds. The average molecular weight is 288 g/mol. The highest BCUT2D eigenvalue weighted by Gasteiger charge is 2.12. The van der Waals surface area contributed by atoms with Gasteiger partial charge in [-0.1, -0.05) is 12.1 Å². The van der Waals surface area contributed by atoms with Crippen molar-refractivity contribution in [2.45, 2.75) is 5.75 Å². The van der Waals surface area contributed by atoms with Crippen molar-refractivity contribution >= 4 is 35.7 Å².